The lowest BCUT2D eigenvalue weighted by Crippen LogP contribution is -2.28. The predicted molar refractivity (Wildman–Crippen MR) is 105 cm³/mol. The van der Waals surface area contributed by atoms with Crippen LogP contribution in [0.1, 0.15) is 35.5 Å². The average molecular weight is 445 g/mol. The summed E-state index contributed by atoms with van der Waals surface area (Å²) < 4.78 is 43.0. The Labute approximate surface area is 176 Å². The fraction of sp³-hybridized carbons (Fsp3) is 0.368. The Morgan fingerprint density at radius 3 is 2.53 bits per heavy atom. The molecule has 0 aliphatic carbocycles. The van der Waals surface area contributed by atoms with Gasteiger partial charge in [-0.15, -0.1) is 0 Å². The van der Waals surface area contributed by atoms with Gasteiger partial charge < -0.3 is 15.4 Å². The Kier molecular flexibility index (Phi) is 7.60. The lowest BCUT2D eigenvalue weighted by molar-refractivity contribution is -0.137. The average Bonchev–Trinajstić information content (AvgIpc) is 2.64. The van der Waals surface area contributed by atoms with E-state index in [1.54, 1.807) is 26.8 Å². The SMILES string of the molecule is Cc1cc(C(=O)NCCOc2ncc(C(F)(F)F)cc2Cl)cc(NC(=O)C(C)C)n1. The highest BCUT2D eigenvalue weighted by Crippen LogP contribution is 2.33. The minimum Gasteiger partial charge on any atom is -0.475 e. The van der Waals surface area contributed by atoms with Crippen molar-refractivity contribution in [2.45, 2.75) is 26.9 Å². The summed E-state index contributed by atoms with van der Waals surface area (Å²) in [6.07, 6.45) is -3.94. The van der Waals surface area contributed by atoms with Gasteiger partial charge in [0, 0.05) is 23.4 Å². The Morgan fingerprint density at radius 2 is 1.93 bits per heavy atom. The number of amides is 2. The van der Waals surface area contributed by atoms with Crippen LogP contribution in [0.4, 0.5) is 19.0 Å². The fourth-order valence-corrected chi connectivity index (χ4v) is 2.46. The number of ether oxygens (including phenoxy) is 1. The van der Waals surface area contributed by atoms with E-state index in [0.717, 1.165) is 6.07 Å². The molecule has 0 unspecified atom stereocenters. The number of halogens is 4. The molecule has 2 N–H and O–H groups in total. The predicted octanol–water partition coefficient (Wildman–Crippen LogP) is 3.86. The first-order valence-electron chi connectivity index (χ1n) is 8.90. The highest BCUT2D eigenvalue weighted by Gasteiger charge is 2.31. The summed E-state index contributed by atoms with van der Waals surface area (Å²) in [5.74, 6) is -0.815. The molecule has 2 heterocycles. The van der Waals surface area contributed by atoms with Crippen LogP contribution in [0.25, 0.3) is 0 Å². The molecule has 2 aromatic rings. The van der Waals surface area contributed by atoms with E-state index < -0.39 is 17.6 Å². The zero-order chi connectivity index (χ0) is 22.5. The molecule has 0 spiro atoms. The van der Waals surface area contributed by atoms with E-state index >= 15 is 0 Å². The van der Waals surface area contributed by atoms with E-state index in [1.165, 1.54) is 6.07 Å². The number of hydrogen-bond donors (Lipinski definition) is 2. The van der Waals surface area contributed by atoms with Gasteiger partial charge in [0.1, 0.15) is 17.4 Å². The topological polar surface area (TPSA) is 93.2 Å². The van der Waals surface area contributed by atoms with Crippen LogP contribution in [0.3, 0.4) is 0 Å². The van der Waals surface area contributed by atoms with Crippen LogP contribution in [-0.4, -0.2) is 34.9 Å². The first kappa shape index (κ1) is 23.4. The summed E-state index contributed by atoms with van der Waals surface area (Å²) in [6.45, 7) is 5.13. The smallest absolute Gasteiger partial charge is 0.417 e. The third kappa shape index (κ3) is 6.58. The third-order valence-corrected chi connectivity index (χ3v) is 4.02. The number of nitrogens with zero attached hydrogens (tertiary/aromatic N) is 2. The van der Waals surface area contributed by atoms with E-state index in [-0.39, 0.29) is 47.3 Å². The Balaban J connectivity index is 1.92. The van der Waals surface area contributed by atoms with E-state index in [0.29, 0.717) is 11.9 Å². The van der Waals surface area contributed by atoms with Crippen LogP contribution in [0.2, 0.25) is 5.02 Å². The molecule has 0 fully saturated rings. The fourth-order valence-electron chi connectivity index (χ4n) is 2.24. The minimum absolute atomic E-state index is 0.0485. The van der Waals surface area contributed by atoms with E-state index in [2.05, 4.69) is 20.6 Å². The van der Waals surface area contributed by atoms with Crippen molar-refractivity contribution < 1.29 is 27.5 Å². The lowest BCUT2D eigenvalue weighted by Gasteiger charge is -2.12. The number of hydrogen-bond acceptors (Lipinski definition) is 5. The highest BCUT2D eigenvalue weighted by atomic mass is 35.5. The van der Waals surface area contributed by atoms with Crippen LogP contribution < -0.4 is 15.4 Å². The number of nitrogens with one attached hydrogen (secondary N) is 2. The van der Waals surface area contributed by atoms with Gasteiger partial charge in [-0.25, -0.2) is 9.97 Å². The van der Waals surface area contributed by atoms with Gasteiger partial charge in [0.15, 0.2) is 0 Å². The molecule has 2 aromatic heterocycles. The molecule has 162 valence electrons. The molecule has 0 saturated heterocycles. The third-order valence-electron chi connectivity index (χ3n) is 3.75. The minimum atomic E-state index is -4.56. The normalized spacial score (nSPS) is 11.3. The maximum absolute atomic E-state index is 12.6. The summed E-state index contributed by atoms with van der Waals surface area (Å²) in [5, 5.41) is 4.94. The quantitative estimate of drug-likeness (QED) is 0.632. The van der Waals surface area contributed by atoms with Gasteiger partial charge in [0.2, 0.25) is 11.8 Å². The summed E-state index contributed by atoms with van der Waals surface area (Å²) in [7, 11) is 0. The molecule has 0 saturated carbocycles. The van der Waals surface area contributed by atoms with E-state index in [4.69, 9.17) is 16.3 Å². The second kappa shape index (κ2) is 9.75. The van der Waals surface area contributed by atoms with Gasteiger partial charge in [-0.3, -0.25) is 9.59 Å². The Bertz CT molecular complexity index is 936. The first-order chi connectivity index (χ1) is 14.0. The summed E-state index contributed by atoms with van der Waals surface area (Å²) in [6, 6.07) is 3.71. The number of rotatable bonds is 7. The van der Waals surface area contributed by atoms with Crippen molar-refractivity contribution in [3.05, 3.63) is 46.2 Å². The molecule has 11 heteroatoms. The number of anilines is 1. The molecule has 0 atom stereocenters. The van der Waals surface area contributed by atoms with Crippen LogP contribution in [0, 0.1) is 12.8 Å². The molecule has 0 aliphatic heterocycles. The number of aryl methyl sites for hydroxylation is 1. The molecule has 2 amide bonds. The number of pyridine rings is 2. The number of alkyl halides is 3. The molecule has 7 nitrogen and oxygen atoms in total. The zero-order valence-electron chi connectivity index (χ0n) is 16.4. The molecular formula is C19H20ClF3N4O3. The van der Waals surface area contributed by atoms with Crippen LogP contribution in [-0.2, 0) is 11.0 Å². The van der Waals surface area contributed by atoms with Gasteiger partial charge in [-0.05, 0) is 25.1 Å². The van der Waals surface area contributed by atoms with Crippen LogP contribution in [0.5, 0.6) is 5.88 Å². The van der Waals surface area contributed by atoms with E-state index in [9.17, 15) is 22.8 Å². The van der Waals surface area contributed by atoms with Gasteiger partial charge in [-0.1, -0.05) is 25.4 Å². The number of aromatic nitrogens is 2. The highest BCUT2D eigenvalue weighted by molar-refractivity contribution is 6.31. The maximum atomic E-state index is 12.6. The monoisotopic (exact) mass is 444 g/mol. The second-order valence-corrected chi connectivity index (χ2v) is 7.05. The molecule has 0 radical (unpaired) electrons. The van der Waals surface area contributed by atoms with Crippen LogP contribution >= 0.6 is 11.6 Å². The summed E-state index contributed by atoms with van der Waals surface area (Å²) in [5.41, 5.74) is -0.160. The second-order valence-electron chi connectivity index (χ2n) is 6.64. The van der Waals surface area contributed by atoms with Crippen molar-refractivity contribution in [1.82, 2.24) is 15.3 Å². The summed E-state index contributed by atoms with van der Waals surface area (Å²) in [4.78, 5) is 31.9. The van der Waals surface area contributed by atoms with Crippen molar-refractivity contribution >= 4 is 29.2 Å². The van der Waals surface area contributed by atoms with Crippen molar-refractivity contribution in [1.29, 1.82) is 0 Å². The zero-order valence-corrected chi connectivity index (χ0v) is 17.2. The Morgan fingerprint density at radius 1 is 1.23 bits per heavy atom. The molecular weight excluding hydrogens is 425 g/mol. The number of carbonyl (C=O) groups is 2. The summed E-state index contributed by atoms with van der Waals surface area (Å²) >= 11 is 5.76. The van der Waals surface area contributed by atoms with Crippen molar-refractivity contribution in [3.63, 3.8) is 0 Å². The lowest BCUT2D eigenvalue weighted by atomic mass is 10.2. The molecule has 0 bridgehead atoms. The van der Waals surface area contributed by atoms with Crippen molar-refractivity contribution in [2.24, 2.45) is 5.92 Å². The Hall–Kier alpha value is -2.88. The van der Waals surface area contributed by atoms with E-state index in [1.807, 2.05) is 0 Å². The van der Waals surface area contributed by atoms with Gasteiger partial charge in [-0.2, -0.15) is 13.2 Å². The first-order valence-corrected chi connectivity index (χ1v) is 9.28. The van der Waals surface area contributed by atoms with Crippen molar-refractivity contribution in [3.8, 4) is 5.88 Å². The molecule has 2 rings (SSSR count). The van der Waals surface area contributed by atoms with Gasteiger partial charge in [0.05, 0.1) is 12.1 Å². The van der Waals surface area contributed by atoms with Gasteiger partial charge >= 0.3 is 6.18 Å². The standard InChI is InChI=1S/C19H20ClF3N4O3/c1-10(2)16(28)27-15-7-12(6-11(3)26-15)17(29)24-4-5-30-18-14(20)8-13(9-25-18)19(21,22)23/h6-10H,4-5H2,1-3H3,(H,24,29)(H,26,27,28). The molecule has 0 aliphatic rings. The number of carbonyl (C=O) groups excluding carboxylic acids is 2. The maximum Gasteiger partial charge on any atom is 0.417 e. The van der Waals surface area contributed by atoms with Crippen molar-refractivity contribution in [2.75, 3.05) is 18.5 Å². The largest absolute Gasteiger partial charge is 0.475 e. The van der Waals surface area contributed by atoms with Gasteiger partial charge in [0.25, 0.3) is 5.91 Å². The molecule has 30 heavy (non-hydrogen) atoms. The molecule has 0 aromatic carbocycles. The van der Waals surface area contributed by atoms with Crippen LogP contribution in [0.15, 0.2) is 24.4 Å².